The number of hydrogen-bond acceptors (Lipinski definition) is 3. The second-order valence-corrected chi connectivity index (χ2v) is 4.27. The Kier molecular flexibility index (Phi) is 4.69. The first kappa shape index (κ1) is 13.7. The third kappa shape index (κ3) is 3.06. The number of nitrogens with one attached hydrogen (secondary N) is 2. The van der Waals surface area contributed by atoms with Gasteiger partial charge in [0, 0.05) is 12.4 Å². The maximum absolute atomic E-state index is 12.1. The van der Waals surface area contributed by atoms with Crippen LogP contribution in [0.2, 0.25) is 0 Å². The molecule has 5 heteroatoms. The molecule has 0 bridgehead atoms. The van der Waals surface area contributed by atoms with E-state index >= 15 is 0 Å². The van der Waals surface area contributed by atoms with E-state index < -0.39 is 5.54 Å². The molecule has 0 saturated heterocycles. The fourth-order valence-corrected chi connectivity index (χ4v) is 1.70. The number of carbonyl (C=O) groups excluding carboxylic acids is 1. The van der Waals surface area contributed by atoms with Gasteiger partial charge in [0.25, 0.3) is 0 Å². The molecular weight excluding hydrogens is 216 g/mol. The van der Waals surface area contributed by atoms with Gasteiger partial charge in [0.15, 0.2) is 0 Å². The van der Waals surface area contributed by atoms with Crippen LogP contribution in [-0.4, -0.2) is 21.4 Å². The van der Waals surface area contributed by atoms with Crippen molar-refractivity contribution in [1.82, 2.24) is 15.3 Å². The molecule has 5 nitrogen and oxygen atoms in total. The molecule has 0 aliphatic rings. The van der Waals surface area contributed by atoms with Crippen LogP contribution in [0.4, 0.5) is 0 Å². The second kappa shape index (κ2) is 5.82. The van der Waals surface area contributed by atoms with Crippen LogP contribution in [-0.2, 0) is 4.79 Å². The van der Waals surface area contributed by atoms with Gasteiger partial charge >= 0.3 is 0 Å². The summed E-state index contributed by atoms with van der Waals surface area (Å²) in [5.74, 6) is 0.668. The number of nitrogens with zero attached hydrogens (tertiary/aromatic N) is 1. The Bertz CT molecular complexity index is 343. The third-order valence-electron chi connectivity index (χ3n) is 3.28. The first-order chi connectivity index (χ1) is 8.07. The van der Waals surface area contributed by atoms with Gasteiger partial charge in [-0.15, -0.1) is 0 Å². The smallest absolute Gasteiger partial charge is 0.240 e. The predicted molar refractivity (Wildman–Crippen MR) is 67.3 cm³/mol. The lowest BCUT2D eigenvalue weighted by atomic mass is 9.92. The monoisotopic (exact) mass is 238 g/mol. The van der Waals surface area contributed by atoms with Crippen molar-refractivity contribution in [2.24, 2.45) is 5.73 Å². The zero-order valence-electron chi connectivity index (χ0n) is 10.8. The summed E-state index contributed by atoms with van der Waals surface area (Å²) in [6.45, 7) is 5.86. The number of imidazole rings is 1. The van der Waals surface area contributed by atoms with Crippen LogP contribution in [0.3, 0.4) is 0 Å². The summed E-state index contributed by atoms with van der Waals surface area (Å²) in [7, 11) is 0. The van der Waals surface area contributed by atoms with E-state index in [1.54, 1.807) is 12.4 Å². The van der Waals surface area contributed by atoms with Gasteiger partial charge in [-0.25, -0.2) is 4.98 Å². The highest BCUT2D eigenvalue weighted by Crippen LogP contribution is 2.16. The maximum atomic E-state index is 12.1. The highest BCUT2D eigenvalue weighted by atomic mass is 16.2. The number of rotatable bonds is 6. The lowest BCUT2D eigenvalue weighted by Gasteiger charge is -2.27. The molecule has 1 aromatic heterocycles. The van der Waals surface area contributed by atoms with Crippen LogP contribution in [0.15, 0.2) is 12.4 Å². The van der Waals surface area contributed by atoms with Crippen LogP contribution < -0.4 is 11.1 Å². The van der Waals surface area contributed by atoms with Crippen LogP contribution in [0.5, 0.6) is 0 Å². The number of H-pyrrole nitrogens is 1. The van der Waals surface area contributed by atoms with Gasteiger partial charge in [0.2, 0.25) is 5.91 Å². The number of hydrogen-bond donors (Lipinski definition) is 3. The Balaban J connectivity index is 2.72. The predicted octanol–water partition coefficient (Wildman–Crippen LogP) is 1.49. The minimum atomic E-state index is -0.778. The van der Waals surface area contributed by atoms with Crippen molar-refractivity contribution in [3.05, 3.63) is 18.2 Å². The maximum Gasteiger partial charge on any atom is 0.240 e. The van der Waals surface area contributed by atoms with Gasteiger partial charge in [-0.2, -0.15) is 0 Å². The molecule has 96 valence electrons. The minimum Gasteiger partial charge on any atom is -0.347 e. The largest absolute Gasteiger partial charge is 0.347 e. The molecule has 1 atom stereocenters. The molecule has 0 spiro atoms. The molecule has 0 fully saturated rings. The van der Waals surface area contributed by atoms with E-state index in [1.807, 2.05) is 20.8 Å². The molecule has 0 radical (unpaired) electrons. The van der Waals surface area contributed by atoms with Gasteiger partial charge < -0.3 is 16.0 Å². The number of aromatic amines is 1. The summed E-state index contributed by atoms with van der Waals surface area (Å²) in [5, 5.41) is 2.95. The summed E-state index contributed by atoms with van der Waals surface area (Å²) in [6.07, 6.45) is 5.47. The zero-order valence-corrected chi connectivity index (χ0v) is 10.8. The normalized spacial score (nSPS) is 13.4. The topological polar surface area (TPSA) is 83.8 Å². The first-order valence-electron chi connectivity index (χ1n) is 6.16. The highest BCUT2D eigenvalue weighted by Gasteiger charge is 2.31. The van der Waals surface area contributed by atoms with Gasteiger partial charge in [0.05, 0.1) is 11.6 Å². The van der Waals surface area contributed by atoms with E-state index in [0.29, 0.717) is 12.8 Å². The molecule has 1 amide bonds. The molecule has 0 aliphatic heterocycles. The van der Waals surface area contributed by atoms with Crippen molar-refractivity contribution >= 4 is 5.91 Å². The average molecular weight is 238 g/mol. The van der Waals surface area contributed by atoms with Gasteiger partial charge in [-0.3, -0.25) is 4.79 Å². The molecule has 0 aliphatic carbocycles. The number of carbonyl (C=O) groups is 1. The summed E-state index contributed by atoms with van der Waals surface area (Å²) in [6, 6.07) is -0.0986. The Morgan fingerprint density at radius 2 is 2.18 bits per heavy atom. The Labute approximate surface area is 102 Å². The van der Waals surface area contributed by atoms with E-state index in [1.165, 1.54) is 0 Å². The molecule has 4 N–H and O–H groups in total. The van der Waals surface area contributed by atoms with E-state index in [2.05, 4.69) is 15.3 Å². The molecule has 1 unspecified atom stereocenters. The van der Waals surface area contributed by atoms with Crippen molar-refractivity contribution < 1.29 is 4.79 Å². The standard InChI is InChI=1S/C12H22N4O/c1-4-9(10-14-7-8-15-10)16-11(17)12(13,5-2)6-3/h7-9H,4-6,13H2,1-3H3,(H,14,15)(H,16,17). The summed E-state index contributed by atoms with van der Waals surface area (Å²) in [4.78, 5) is 19.3. The van der Waals surface area contributed by atoms with Gasteiger partial charge in [0.1, 0.15) is 5.82 Å². The summed E-state index contributed by atoms with van der Waals surface area (Å²) < 4.78 is 0. The Morgan fingerprint density at radius 3 is 2.59 bits per heavy atom. The molecule has 17 heavy (non-hydrogen) atoms. The number of aromatic nitrogens is 2. The fourth-order valence-electron chi connectivity index (χ4n) is 1.70. The lowest BCUT2D eigenvalue weighted by Crippen LogP contribution is -2.53. The first-order valence-corrected chi connectivity index (χ1v) is 6.16. The van der Waals surface area contributed by atoms with Crippen LogP contribution in [0, 0.1) is 0 Å². The summed E-state index contributed by atoms with van der Waals surface area (Å²) >= 11 is 0. The van der Waals surface area contributed by atoms with E-state index in [4.69, 9.17) is 5.73 Å². The third-order valence-corrected chi connectivity index (χ3v) is 3.28. The van der Waals surface area contributed by atoms with Crippen molar-refractivity contribution in [2.45, 2.75) is 51.6 Å². The van der Waals surface area contributed by atoms with Crippen molar-refractivity contribution in [2.75, 3.05) is 0 Å². The van der Waals surface area contributed by atoms with Gasteiger partial charge in [-0.05, 0) is 19.3 Å². The molecule has 0 aromatic carbocycles. The van der Waals surface area contributed by atoms with Crippen LogP contribution >= 0.6 is 0 Å². The minimum absolute atomic E-state index is 0.0986. The molecule has 1 aromatic rings. The zero-order chi connectivity index (χ0) is 12.9. The average Bonchev–Trinajstić information content (AvgIpc) is 2.88. The molecule has 1 rings (SSSR count). The molecule has 1 heterocycles. The molecular formula is C12H22N4O. The molecule has 0 saturated carbocycles. The Morgan fingerprint density at radius 1 is 1.53 bits per heavy atom. The van der Waals surface area contributed by atoms with Crippen molar-refractivity contribution in [1.29, 1.82) is 0 Å². The van der Waals surface area contributed by atoms with Crippen LogP contribution in [0.25, 0.3) is 0 Å². The Hall–Kier alpha value is -1.36. The summed E-state index contributed by atoms with van der Waals surface area (Å²) in [5.41, 5.74) is 5.28. The van der Waals surface area contributed by atoms with E-state index in [-0.39, 0.29) is 11.9 Å². The quantitative estimate of drug-likeness (QED) is 0.702. The van der Waals surface area contributed by atoms with Gasteiger partial charge in [-0.1, -0.05) is 20.8 Å². The SMILES string of the molecule is CCC(NC(=O)C(N)(CC)CC)c1ncc[nH]1. The number of amides is 1. The second-order valence-electron chi connectivity index (χ2n) is 4.27. The van der Waals surface area contributed by atoms with E-state index in [0.717, 1.165) is 12.2 Å². The van der Waals surface area contributed by atoms with Crippen molar-refractivity contribution in [3.8, 4) is 0 Å². The highest BCUT2D eigenvalue weighted by molar-refractivity contribution is 5.86. The number of nitrogens with two attached hydrogens (primary N) is 1. The van der Waals surface area contributed by atoms with E-state index in [9.17, 15) is 4.79 Å². The van der Waals surface area contributed by atoms with Crippen LogP contribution in [0.1, 0.15) is 51.9 Å². The van der Waals surface area contributed by atoms with Crippen molar-refractivity contribution in [3.63, 3.8) is 0 Å². The fraction of sp³-hybridized carbons (Fsp3) is 0.667. The lowest BCUT2D eigenvalue weighted by molar-refractivity contribution is -0.127.